The van der Waals surface area contributed by atoms with Crippen LogP contribution in [-0.2, 0) is 6.42 Å². The fraction of sp³-hybridized carbons (Fsp3) is 0.0714. The molecule has 0 aliphatic heterocycles. The van der Waals surface area contributed by atoms with Crippen LogP contribution in [0.25, 0.3) is 10.9 Å². The van der Waals surface area contributed by atoms with E-state index in [4.69, 9.17) is 16.7 Å². The molecule has 0 fully saturated rings. The van der Waals surface area contributed by atoms with E-state index in [1.807, 2.05) is 24.3 Å². The smallest absolute Gasteiger partial charge is 0.356 e. The molecule has 3 aromatic rings. The lowest BCUT2D eigenvalue weighted by atomic mass is 10.1. The van der Waals surface area contributed by atoms with E-state index in [1.54, 1.807) is 6.20 Å². The summed E-state index contributed by atoms with van der Waals surface area (Å²) in [7, 11) is 0. The lowest BCUT2D eigenvalue weighted by Crippen LogP contribution is -1.97. The summed E-state index contributed by atoms with van der Waals surface area (Å²) < 4.78 is 0. The third kappa shape index (κ3) is 2.48. The van der Waals surface area contributed by atoms with Gasteiger partial charge >= 0.3 is 5.97 Å². The van der Waals surface area contributed by atoms with Crippen LogP contribution in [0.1, 0.15) is 21.9 Å². The van der Waals surface area contributed by atoms with Gasteiger partial charge in [-0.2, -0.15) is 0 Å². The largest absolute Gasteiger partial charge is 0.476 e. The molecule has 2 aromatic heterocycles. The second kappa shape index (κ2) is 4.94. The summed E-state index contributed by atoms with van der Waals surface area (Å²) in [6, 6.07) is 7.66. The monoisotopic (exact) mass is 287 g/mol. The fourth-order valence-electron chi connectivity index (χ4n) is 2.02. The van der Waals surface area contributed by atoms with Gasteiger partial charge in [0.05, 0.1) is 10.5 Å². The minimum atomic E-state index is -1.04. The number of carbonyl (C=O) groups is 1. The van der Waals surface area contributed by atoms with Gasteiger partial charge in [0.1, 0.15) is 5.82 Å². The number of carboxylic acids is 1. The molecule has 0 saturated heterocycles. The van der Waals surface area contributed by atoms with Crippen molar-refractivity contribution in [2.24, 2.45) is 0 Å². The first-order valence-corrected chi connectivity index (χ1v) is 6.31. The van der Waals surface area contributed by atoms with Crippen molar-refractivity contribution < 1.29 is 9.90 Å². The predicted octanol–water partition coefficient (Wildman–Crippen LogP) is 2.90. The van der Waals surface area contributed by atoms with Crippen LogP contribution in [0.2, 0.25) is 5.02 Å². The van der Waals surface area contributed by atoms with Crippen molar-refractivity contribution in [3.05, 3.63) is 58.8 Å². The van der Waals surface area contributed by atoms with Crippen LogP contribution in [0, 0.1) is 0 Å². The van der Waals surface area contributed by atoms with Crippen molar-refractivity contribution >= 4 is 28.5 Å². The van der Waals surface area contributed by atoms with Crippen molar-refractivity contribution in [3.63, 3.8) is 0 Å². The van der Waals surface area contributed by atoms with Gasteiger partial charge in [0.2, 0.25) is 0 Å². The Kier molecular flexibility index (Phi) is 3.12. The molecule has 0 radical (unpaired) electrons. The number of hydrogen-bond acceptors (Lipinski definition) is 3. The first-order valence-electron chi connectivity index (χ1n) is 5.93. The fourth-order valence-corrected chi connectivity index (χ4v) is 2.19. The molecule has 2 N–H and O–H groups in total. The van der Waals surface area contributed by atoms with Crippen LogP contribution in [-0.4, -0.2) is 26.0 Å². The van der Waals surface area contributed by atoms with Crippen LogP contribution in [0.4, 0.5) is 0 Å². The van der Waals surface area contributed by atoms with Gasteiger partial charge in [-0.3, -0.25) is 4.98 Å². The standard InChI is InChI=1S/C14H10ClN3O2/c15-10-5-9-3-8(1-2-11(9)16-6-10)4-13-17-7-12(18-13)14(19)20/h1-3,5-7H,4H2,(H,17,18)(H,19,20). The quantitative estimate of drug-likeness (QED) is 0.776. The zero-order chi connectivity index (χ0) is 14.1. The number of fused-ring (bicyclic) bond motifs is 1. The molecule has 0 unspecified atom stereocenters. The number of carboxylic acid groups (broad SMARTS) is 1. The molecule has 20 heavy (non-hydrogen) atoms. The number of hydrogen-bond donors (Lipinski definition) is 2. The van der Waals surface area contributed by atoms with E-state index in [1.165, 1.54) is 6.20 Å². The number of halogens is 1. The summed E-state index contributed by atoms with van der Waals surface area (Å²) >= 11 is 5.92. The van der Waals surface area contributed by atoms with Crippen molar-refractivity contribution in [1.29, 1.82) is 0 Å². The van der Waals surface area contributed by atoms with Gasteiger partial charge < -0.3 is 10.1 Å². The third-order valence-corrected chi connectivity index (χ3v) is 3.14. The van der Waals surface area contributed by atoms with E-state index < -0.39 is 5.97 Å². The first-order chi connectivity index (χ1) is 9.61. The van der Waals surface area contributed by atoms with Gasteiger partial charge in [-0.15, -0.1) is 0 Å². The van der Waals surface area contributed by atoms with Crippen LogP contribution < -0.4 is 0 Å². The highest BCUT2D eigenvalue weighted by atomic mass is 35.5. The van der Waals surface area contributed by atoms with Crippen molar-refractivity contribution in [1.82, 2.24) is 15.0 Å². The summed E-state index contributed by atoms with van der Waals surface area (Å²) in [4.78, 5) is 21.9. The van der Waals surface area contributed by atoms with Crippen LogP contribution >= 0.6 is 11.6 Å². The number of imidazole rings is 1. The number of nitrogens with one attached hydrogen (secondary N) is 1. The minimum Gasteiger partial charge on any atom is -0.476 e. The summed E-state index contributed by atoms with van der Waals surface area (Å²) in [5, 5.41) is 10.4. The molecular weight excluding hydrogens is 278 g/mol. The summed E-state index contributed by atoms with van der Waals surface area (Å²) in [6.07, 6.45) is 3.52. The first kappa shape index (κ1) is 12.6. The van der Waals surface area contributed by atoms with Gasteiger partial charge in [-0.05, 0) is 23.8 Å². The molecule has 100 valence electrons. The van der Waals surface area contributed by atoms with E-state index in [-0.39, 0.29) is 5.69 Å². The molecule has 6 heteroatoms. The molecular formula is C14H10ClN3O2. The van der Waals surface area contributed by atoms with Crippen LogP contribution in [0.15, 0.2) is 36.7 Å². The SMILES string of the molecule is O=C(O)c1c[nH]c(Cc2ccc3ncc(Cl)cc3c2)n1. The second-order valence-electron chi connectivity index (χ2n) is 4.39. The number of benzene rings is 1. The average Bonchev–Trinajstić information content (AvgIpc) is 2.87. The Bertz CT molecular complexity index is 798. The van der Waals surface area contributed by atoms with Crippen molar-refractivity contribution in [2.75, 3.05) is 0 Å². The number of nitrogens with zero attached hydrogens (tertiary/aromatic N) is 2. The number of pyridine rings is 1. The third-order valence-electron chi connectivity index (χ3n) is 2.93. The maximum Gasteiger partial charge on any atom is 0.356 e. The molecule has 0 aliphatic rings. The number of aromatic amines is 1. The summed E-state index contributed by atoms with van der Waals surface area (Å²) in [5.41, 5.74) is 1.89. The molecule has 2 heterocycles. The highest BCUT2D eigenvalue weighted by Gasteiger charge is 2.08. The highest BCUT2D eigenvalue weighted by Crippen LogP contribution is 2.19. The Hall–Kier alpha value is -2.40. The zero-order valence-electron chi connectivity index (χ0n) is 10.3. The number of aromatic nitrogens is 3. The number of aromatic carboxylic acids is 1. The van der Waals surface area contributed by atoms with Crippen LogP contribution in [0.3, 0.4) is 0 Å². The Morgan fingerprint density at radius 2 is 2.20 bits per heavy atom. The van der Waals surface area contributed by atoms with Gasteiger partial charge in [-0.25, -0.2) is 9.78 Å². The average molecular weight is 288 g/mol. The Balaban J connectivity index is 1.91. The predicted molar refractivity (Wildman–Crippen MR) is 75.1 cm³/mol. The van der Waals surface area contributed by atoms with Crippen LogP contribution in [0.5, 0.6) is 0 Å². The zero-order valence-corrected chi connectivity index (χ0v) is 11.1. The van der Waals surface area contributed by atoms with E-state index >= 15 is 0 Å². The molecule has 0 aliphatic carbocycles. The van der Waals surface area contributed by atoms with E-state index in [0.29, 0.717) is 17.3 Å². The molecule has 3 rings (SSSR count). The molecule has 0 amide bonds. The summed E-state index contributed by atoms with van der Waals surface area (Å²) in [6.45, 7) is 0. The molecule has 0 spiro atoms. The molecule has 0 saturated carbocycles. The second-order valence-corrected chi connectivity index (χ2v) is 4.83. The Morgan fingerprint density at radius 3 is 2.95 bits per heavy atom. The van der Waals surface area contributed by atoms with Crippen molar-refractivity contribution in [3.8, 4) is 0 Å². The normalized spacial score (nSPS) is 10.8. The van der Waals surface area contributed by atoms with Gasteiger partial charge in [0.15, 0.2) is 5.69 Å². The minimum absolute atomic E-state index is 0.0190. The maximum atomic E-state index is 10.8. The lowest BCUT2D eigenvalue weighted by molar-refractivity contribution is 0.0691. The molecule has 0 bridgehead atoms. The van der Waals surface area contributed by atoms with E-state index in [0.717, 1.165) is 16.5 Å². The molecule has 1 aromatic carbocycles. The van der Waals surface area contributed by atoms with Crippen molar-refractivity contribution in [2.45, 2.75) is 6.42 Å². The molecule has 5 nitrogen and oxygen atoms in total. The Morgan fingerprint density at radius 1 is 1.35 bits per heavy atom. The van der Waals surface area contributed by atoms with Gasteiger partial charge in [0, 0.05) is 24.2 Å². The van der Waals surface area contributed by atoms with Gasteiger partial charge in [-0.1, -0.05) is 17.7 Å². The highest BCUT2D eigenvalue weighted by molar-refractivity contribution is 6.31. The molecule has 0 atom stereocenters. The maximum absolute atomic E-state index is 10.8. The van der Waals surface area contributed by atoms with Gasteiger partial charge in [0.25, 0.3) is 0 Å². The Labute approximate surface area is 119 Å². The number of H-pyrrole nitrogens is 1. The van der Waals surface area contributed by atoms with E-state index in [9.17, 15) is 4.79 Å². The number of rotatable bonds is 3. The van der Waals surface area contributed by atoms with E-state index in [2.05, 4.69) is 15.0 Å². The topological polar surface area (TPSA) is 78.9 Å². The lowest BCUT2D eigenvalue weighted by Gasteiger charge is -2.02. The summed E-state index contributed by atoms with van der Waals surface area (Å²) in [5.74, 6) is -0.432.